The number of nitrogens with two attached hydrogens (primary N) is 1. The van der Waals surface area contributed by atoms with E-state index in [4.69, 9.17) is 10.1 Å². The number of fused-ring (bicyclic) bond motifs is 1. The van der Waals surface area contributed by atoms with Crippen LogP contribution >= 0.6 is 12.0 Å². The molecule has 0 fully saturated rings. The van der Waals surface area contributed by atoms with Crippen molar-refractivity contribution in [3.63, 3.8) is 0 Å². The second-order valence-corrected chi connectivity index (χ2v) is 7.34. The summed E-state index contributed by atoms with van der Waals surface area (Å²) in [6, 6.07) is 4.06. The van der Waals surface area contributed by atoms with Gasteiger partial charge in [-0.25, -0.2) is 4.89 Å². The van der Waals surface area contributed by atoms with Gasteiger partial charge in [-0.3, -0.25) is 4.18 Å². The first-order valence-corrected chi connectivity index (χ1v) is 9.57. The van der Waals surface area contributed by atoms with Crippen LogP contribution in [-0.2, 0) is 28.6 Å². The van der Waals surface area contributed by atoms with Crippen molar-refractivity contribution in [2.75, 3.05) is 33.7 Å². The summed E-state index contributed by atoms with van der Waals surface area (Å²) in [6.45, 7) is -0.0549. The van der Waals surface area contributed by atoms with Crippen LogP contribution in [0.3, 0.4) is 0 Å². The minimum atomic E-state index is -4.05. The molecule has 12 nitrogen and oxygen atoms in total. The topological polar surface area (TPSA) is 167 Å². The monoisotopic (exact) mass is 431 g/mol. The summed E-state index contributed by atoms with van der Waals surface area (Å²) in [5.74, 6) is -0.300. The SMILES string of the molecule is CN=NCN=Nc1c(SOOOC)cc2cc(S(=O)(=O)OC)c(N)cc2c1O. The highest BCUT2D eigenvalue weighted by Gasteiger charge is 2.21. The minimum absolute atomic E-state index is 0.0326. The summed E-state index contributed by atoms with van der Waals surface area (Å²) in [5, 5.41) is 30.5. The standard InChI is InChI=1S/C14H17N5O7S2/c1-16-17-7-18-19-13-11(27-26-25-23-2)4-8-5-12(28(21,22)24-3)10(15)6-9(8)14(13)20/h4-6,20H,7,15H2,1-3H3. The van der Waals surface area contributed by atoms with E-state index in [0.717, 1.165) is 7.11 Å². The van der Waals surface area contributed by atoms with Crippen LogP contribution in [0, 0.1) is 0 Å². The average molecular weight is 431 g/mol. The summed E-state index contributed by atoms with van der Waals surface area (Å²) in [4.78, 5) is 4.34. The van der Waals surface area contributed by atoms with E-state index in [1.165, 1.54) is 32.4 Å². The van der Waals surface area contributed by atoms with Gasteiger partial charge in [-0.05, 0) is 23.6 Å². The molecule has 0 unspecified atom stereocenters. The van der Waals surface area contributed by atoms with E-state index in [2.05, 4.69) is 34.6 Å². The molecule has 0 spiro atoms. The van der Waals surface area contributed by atoms with Gasteiger partial charge in [-0.15, -0.1) is 9.45 Å². The molecule has 2 aromatic carbocycles. The van der Waals surface area contributed by atoms with Crippen LogP contribution in [0.2, 0.25) is 0 Å². The van der Waals surface area contributed by atoms with Crippen molar-refractivity contribution < 1.29 is 32.0 Å². The fourth-order valence-corrected chi connectivity index (χ4v) is 3.48. The summed E-state index contributed by atoms with van der Waals surface area (Å²) in [6.07, 6.45) is 0. The Hall–Kier alpha value is -2.36. The van der Waals surface area contributed by atoms with Crippen molar-refractivity contribution >= 4 is 44.3 Å². The van der Waals surface area contributed by atoms with Gasteiger partial charge in [0.25, 0.3) is 10.1 Å². The number of aromatic hydroxyl groups is 1. The first-order chi connectivity index (χ1) is 13.4. The number of nitrogens with zero attached hydrogens (tertiary/aromatic N) is 4. The third-order valence-electron chi connectivity index (χ3n) is 3.33. The van der Waals surface area contributed by atoms with E-state index < -0.39 is 10.1 Å². The molecule has 0 atom stereocenters. The van der Waals surface area contributed by atoms with Gasteiger partial charge in [0.1, 0.15) is 10.6 Å². The van der Waals surface area contributed by atoms with Crippen molar-refractivity contribution in [2.45, 2.75) is 9.79 Å². The average Bonchev–Trinajstić information content (AvgIpc) is 2.67. The van der Waals surface area contributed by atoms with Crippen LogP contribution in [-0.4, -0.2) is 41.5 Å². The number of anilines is 1. The third kappa shape index (κ3) is 4.92. The van der Waals surface area contributed by atoms with Crippen LogP contribution in [0.4, 0.5) is 11.4 Å². The Bertz CT molecular complexity index is 1010. The summed E-state index contributed by atoms with van der Waals surface area (Å²) >= 11 is 0.661. The summed E-state index contributed by atoms with van der Waals surface area (Å²) in [7, 11) is -0.317. The molecule has 2 rings (SSSR count). The Balaban J connectivity index is 2.65. The Labute approximate surface area is 164 Å². The maximum atomic E-state index is 12.0. The molecule has 0 aliphatic rings. The zero-order valence-corrected chi connectivity index (χ0v) is 16.7. The van der Waals surface area contributed by atoms with Gasteiger partial charge < -0.3 is 10.8 Å². The van der Waals surface area contributed by atoms with E-state index in [1.54, 1.807) is 0 Å². The number of nitrogen functional groups attached to an aromatic ring is 1. The Morgan fingerprint density at radius 2 is 1.96 bits per heavy atom. The lowest BCUT2D eigenvalue weighted by atomic mass is 10.1. The number of azo groups is 2. The van der Waals surface area contributed by atoms with E-state index in [0.29, 0.717) is 17.4 Å². The lowest BCUT2D eigenvalue weighted by Gasteiger charge is -2.12. The molecule has 0 radical (unpaired) electrons. The molecule has 152 valence electrons. The first kappa shape index (κ1) is 21.9. The first-order valence-electron chi connectivity index (χ1n) is 7.42. The molecule has 0 aromatic heterocycles. The lowest BCUT2D eigenvalue weighted by molar-refractivity contribution is -0.447. The molecule has 0 saturated heterocycles. The van der Waals surface area contributed by atoms with E-state index >= 15 is 0 Å². The molecule has 14 heteroatoms. The largest absolute Gasteiger partial charge is 0.505 e. The molecular formula is C14H17N5O7S2. The molecule has 28 heavy (non-hydrogen) atoms. The van der Waals surface area contributed by atoms with Gasteiger partial charge in [0.15, 0.2) is 12.4 Å². The molecule has 0 aliphatic heterocycles. The zero-order valence-electron chi connectivity index (χ0n) is 15.0. The fraction of sp³-hybridized carbons (Fsp3) is 0.286. The molecule has 0 amide bonds. The van der Waals surface area contributed by atoms with Gasteiger partial charge >= 0.3 is 0 Å². The Kier molecular flexibility index (Phi) is 7.61. The maximum absolute atomic E-state index is 12.0. The number of benzene rings is 2. The second-order valence-electron chi connectivity index (χ2n) is 4.91. The lowest BCUT2D eigenvalue weighted by Crippen LogP contribution is -2.06. The predicted octanol–water partition coefficient (Wildman–Crippen LogP) is 3.10. The zero-order chi connectivity index (χ0) is 20.7. The van der Waals surface area contributed by atoms with Crippen LogP contribution in [0.1, 0.15) is 0 Å². The Morgan fingerprint density at radius 1 is 1.21 bits per heavy atom. The maximum Gasteiger partial charge on any atom is 0.298 e. The van der Waals surface area contributed by atoms with Crippen LogP contribution in [0.15, 0.2) is 48.4 Å². The molecular weight excluding hydrogens is 414 g/mol. The number of hydrogen-bond acceptors (Lipinski definition) is 13. The van der Waals surface area contributed by atoms with Crippen molar-refractivity contribution in [3.8, 4) is 5.75 Å². The minimum Gasteiger partial charge on any atom is -0.505 e. The van der Waals surface area contributed by atoms with Crippen molar-refractivity contribution in [1.29, 1.82) is 0 Å². The van der Waals surface area contributed by atoms with Gasteiger partial charge in [0, 0.05) is 12.4 Å². The highest BCUT2D eigenvalue weighted by molar-refractivity contribution is 7.94. The van der Waals surface area contributed by atoms with Crippen molar-refractivity contribution in [1.82, 2.24) is 0 Å². The van der Waals surface area contributed by atoms with Gasteiger partial charge in [-0.1, -0.05) is 5.04 Å². The smallest absolute Gasteiger partial charge is 0.298 e. The highest BCUT2D eigenvalue weighted by Crippen LogP contribution is 2.45. The molecule has 0 saturated carbocycles. The van der Waals surface area contributed by atoms with E-state index in [-0.39, 0.29) is 39.0 Å². The molecule has 0 heterocycles. The third-order valence-corrected chi connectivity index (χ3v) is 5.27. The predicted molar refractivity (Wildman–Crippen MR) is 99.4 cm³/mol. The number of hydrogen-bond donors (Lipinski definition) is 2. The summed E-state index contributed by atoms with van der Waals surface area (Å²) in [5.41, 5.74) is 5.75. The quantitative estimate of drug-likeness (QED) is 0.115. The molecule has 0 aliphatic carbocycles. The second kappa shape index (κ2) is 9.72. The van der Waals surface area contributed by atoms with Gasteiger partial charge in [0.2, 0.25) is 0 Å². The highest BCUT2D eigenvalue weighted by atomic mass is 32.2. The Morgan fingerprint density at radius 3 is 2.61 bits per heavy atom. The van der Waals surface area contributed by atoms with Crippen molar-refractivity contribution in [2.24, 2.45) is 20.5 Å². The summed E-state index contributed by atoms with van der Waals surface area (Å²) < 4.78 is 33.3. The van der Waals surface area contributed by atoms with Gasteiger partial charge in [0.05, 0.1) is 36.8 Å². The molecule has 3 N–H and O–H groups in total. The number of phenolic OH excluding ortho intramolecular Hbond substituents is 1. The fourth-order valence-electron chi connectivity index (χ4n) is 2.13. The number of phenols is 1. The van der Waals surface area contributed by atoms with Crippen LogP contribution < -0.4 is 5.73 Å². The van der Waals surface area contributed by atoms with Crippen molar-refractivity contribution in [3.05, 3.63) is 18.2 Å². The van der Waals surface area contributed by atoms with Gasteiger partial charge in [-0.2, -0.15) is 23.8 Å². The van der Waals surface area contributed by atoms with E-state index in [9.17, 15) is 13.5 Å². The molecule has 2 aromatic rings. The van der Waals surface area contributed by atoms with Crippen LogP contribution in [0.5, 0.6) is 5.75 Å². The number of rotatable bonds is 9. The van der Waals surface area contributed by atoms with Crippen LogP contribution in [0.25, 0.3) is 10.8 Å². The molecule has 0 bridgehead atoms. The van der Waals surface area contributed by atoms with E-state index in [1.807, 2.05) is 0 Å². The normalized spacial score (nSPS) is 12.5.